The maximum atomic E-state index is 10.2. The highest BCUT2D eigenvalue weighted by molar-refractivity contribution is 7.99. The van der Waals surface area contributed by atoms with Crippen LogP contribution in [-0.2, 0) is 13.5 Å². The number of thioether (sulfide) groups is 1. The van der Waals surface area contributed by atoms with Crippen molar-refractivity contribution in [2.75, 3.05) is 25.1 Å². The number of hydrogen-bond acceptors (Lipinski definition) is 4. The minimum absolute atomic E-state index is 0.234. The van der Waals surface area contributed by atoms with Crippen LogP contribution in [0.25, 0.3) is 0 Å². The molecule has 0 amide bonds. The minimum atomic E-state index is -0.234. The molecule has 0 aromatic carbocycles. The lowest BCUT2D eigenvalue weighted by molar-refractivity contribution is 0.0694. The summed E-state index contributed by atoms with van der Waals surface area (Å²) in [4.78, 5) is 2.28. The Kier molecular flexibility index (Phi) is 4.48. The van der Waals surface area contributed by atoms with E-state index in [-0.39, 0.29) is 6.10 Å². The highest BCUT2D eigenvalue weighted by Crippen LogP contribution is 2.19. The molecule has 1 saturated heterocycles. The van der Waals surface area contributed by atoms with Crippen LogP contribution < -0.4 is 0 Å². The number of aliphatic hydroxyl groups excluding tert-OH is 1. The molecule has 1 aliphatic rings. The first-order chi connectivity index (χ1) is 8.18. The second-order valence-corrected chi connectivity index (χ2v) is 5.82. The number of rotatable bonds is 4. The zero-order valence-electron chi connectivity index (χ0n) is 10.5. The van der Waals surface area contributed by atoms with Crippen LogP contribution in [0.2, 0.25) is 0 Å². The first-order valence-electron chi connectivity index (χ1n) is 6.11. The van der Waals surface area contributed by atoms with Gasteiger partial charge in [0.2, 0.25) is 0 Å². The van der Waals surface area contributed by atoms with Gasteiger partial charge in [-0.3, -0.25) is 9.58 Å². The SMILES string of the molecule is CN1CCSCC1C(O)CCc1ccnn1C. The maximum Gasteiger partial charge on any atom is 0.0707 e. The van der Waals surface area contributed by atoms with E-state index in [0.717, 1.165) is 25.1 Å². The van der Waals surface area contributed by atoms with Crippen LogP contribution in [0.3, 0.4) is 0 Å². The molecule has 0 radical (unpaired) electrons. The number of nitrogens with zero attached hydrogens (tertiary/aromatic N) is 3. The Morgan fingerprint density at radius 3 is 3.06 bits per heavy atom. The summed E-state index contributed by atoms with van der Waals surface area (Å²) in [6, 6.07) is 2.33. The standard InChI is InChI=1S/C12H21N3OS/c1-14-7-8-17-9-11(14)12(16)4-3-10-5-6-13-15(10)2/h5-6,11-12,16H,3-4,7-9H2,1-2H3. The molecule has 2 heterocycles. The van der Waals surface area contributed by atoms with Crippen LogP contribution in [0.1, 0.15) is 12.1 Å². The first-order valence-corrected chi connectivity index (χ1v) is 7.27. The molecule has 96 valence electrons. The van der Waals surface area contributed by atoms with Crippen molar-refractivity contribution >= 4 is 11.8 Å². The van der Waals surface area contributed by atoms with Crippen molar-refractivity contribution in [3.05, 3.63) is 18.0 Å². The maximum absolute atomic E-state index is 10.2. The van der Waals surface area contributed by atoms with E-state index in [1.807, 2.05) is 35.8 Å². The van der Waals surface area contributed by atoms with E-state index in [1.54, 1.807) is 0 Å². The summed E-state index contributed by atoms with van der Waals surface area (Å²) in [6.07, 6.45) is 3.29. The molecule has 1 fully saturated rings. The molecule has 2 atom stereocenters. The van der Waals surface area contributed by atoms with Crippen LogP contribution in [0.4, 0.5) is 0 Å². The number of aryl methyl sites for hydroxylation is 2. The van der Waals surface area contributed by atoms with Crippen molar-refractivity contribution in [1.82, 2.24) is 14.7 Å². The molecule has 0 saturated carbocycles. The van der Waals surface area contributed by atoms with E-state index in [4.69, 9.17) is 0 Å². The summed E-state index contributed by atoms with van der Waals surface area (Å²) in [6.45, 7) is 1.08. The van der Waals surface area contributed by atoms with Crippen LogP contribution in [0.15, 0.2) is 12.3 Å². The number of aliphatic hydroxyl groups is 1. The average Bonchev–Trinajstić information content (AvgIpc) is 2.72. The van der Waals surface area contributed by atoms with Crippen molar-refractivity contribution in [1.29, 1.82) is 0 Å². The fraction of sp³-hybridized carbons (Fsp3) is 0.750. The molecule has 1 N–H and O–H groups in total. The van der Waals surface area contributed by atoms with Crippen LogP contribution in [0, 0.1) is 0 Å². The summed E-state index contributed by atoms with van der Waals surface area (Å²) >= 11 is 1.94. The predicted molar refractivity (Wildman–Crippen MR) is 71.3 cm³/mol. The smallest absolute Gasteiger partial charge is 0.0707 e. The lowest BCUT2D eigenvalue weighted by atomic mass is 10.0. The zero-order valence-corrected chi connectivity index (χ0v) is 11.4. The van der Waals surface area contributed by atoms with Gasteiger partial charge in [0.25, 0.3) is 0 Å². The molecule has 4 nitrogen and oxygen atoms in total. The van der Waals surface area contributed by atoms with Crippen molar-refractivity contribution in [3.8, 4) is 0 Å². The van der Waals surface area contributed by atoms with Gasteiger partial charge in [-0.25, -0.2) is 0 Å². The third-order valence-electron chi connectivity index (χ3n) is 3.51. The Morgan fingerprint density at radius 1 is 1.59 bits per heavy atom. The first kappa shape index (κ1) is 12.9. The summed E-state index contributed by atoms with van der Waals surface area (Å²) in [7, 11) is 4.06. The van der Waals surface area contributed by atoms with E-state index in [2.05, 4.69) is 17.0 Å². The topological polar surface area (TPSA) is 41.3 Å². The Hall–Kier alpha value is -0.520. The van der Waals surface area contributed by atoms with Gasteiger partial charge in [-0.1, -0.05) is 0 Å². The van der Waals surface area contributed by atoms with E-state index >= 15 is 0 Å². The summed E-state index contributed by atoms with van der Waals surface area (Å²) in [5.41, 5.74) is 1.19. The van der Waals surface area contributed by atoms with Gasteiger partial charge < -0.3 is 5.11 Å². The molecule has 1 aliphatic heterocycles. The largest absolute Gasteiger partial charge is 0.391 e. The van der Waals surface area contributed by atoms with Crippen molar-refractivity contribution in [3.63, 3.8) is 0 Å². The second-order valence-electron chi connectivity index (χ2n) is 4.68. The van der Waals surface area contributed by atoms with Crippen LogP contribution in [-0.4, -0.2) is 57.0 Å². The Balaban J connectivity index is 1.84. The minimum Gasteiger partial charge on any atom is -0.391 e. The van der Waals surface area contributed by atoms with Crippen molar-refractivity contribution in [2.24, 2.45) is 7.05 Å². The molecular weight excluding hydrogens is 234 g/mol. The molecule has 2 rings (SSSR count). The highest BCUT2D eigenvalue weighted by Gasteiger charge is 2.26. The monoisotopic (exact) mass is 255 g/mol. The lowest BCUT2D eigenvalue weighted by Crippen LogP contribution is -2.47. The molecule has 0 bridgehead atoms. The number of hydrogen-bond donors (Lipinski definition) is 1. The number of aromatic nitrogens is 2. The Morgan fingerprint density at radius 2 is 2.41 bits per heavy atom. The van der Waals surface area contributed by atoms with Crippen molar-refractivity contribution < 1.29 is 5.11 Å². The van der Waals surface area contributed by atoms with E-state index in [9.17, 15) is 5.11 Å². The van der Waals surface area contributed by atoms with Crippen LogP contribution in [0.5, 0.6) is 0 Å². The van der Waals surface area contributed by atoms with Gasteiger partial charge >= 0.3 is 0 Å². The highest BCUT2D eigenvalue weighted by atomic mass is 32.2. The summed E-state index contributed by atoms with van der Waals surface area (Å²) in [5.74, 6) is 2.23. The predicted octanol–water partition coefficient (Wildman–Crippen LogP) is 0.761. The average molecular weight is 255 g/mol. The van der Waals surface area contributed by atoms with Gasteiger partial charge in [0.1, 0.15) is 0 Å². The van der Waals surface area contributed by atoms with Crippen LogP contribution >= 0.6 is 11.8 Å². The van der Waals surface area contributed by atoms with Gasteiger partial charge in [-0.15, -0.1) is 0 Å². The van der Waals surface area contributed by atoms with Gasteiger partial charge in [0.05, 0.1) is 6.10 Å². The summed E-state index contributed by atoms with van der Waals surface area (Å²) < 4.78 is 1.88. The van der Waals surface area contributed by atoms with Gasteiger partial charge in [0, 0.05) is 43.0 Å². The van der Waals surface area contributed by atoms with Crippen molar-refractivity contribution in [2.45, 2.75) is 25.0 Å². The molecule has 1 aromatic rings. The fourth-order valence-corrected chi connectivity index (χ4v) is 3.55. The zero-order chi connectivity index (χ0) is 12.3. The summed E-state index contributed by atoms with van der Waals surface area (Å²) in [5, 5.41) is 14.4. The Labute approximate surface area is 107 Å². The number of likely N-dealkylation sites (N-methyl/N-ethyl adjacent to an activating group) is 1. The third kappa shape index (κ3) is 3.24. The van der Waals surface area contributed by atoms with E-state index in [0.29, 0.717) is 6.04 Å². The third-order valence-corrected chi connectivity index (χ3v) is 4.55. The molecule has 0 aliphatic carbocycles. The van der Waals surface area contributed by atoms with E-state index < -0.39 is 0 Å². The quantitative estimate of drug-likeness (QED) is 0.862. The normalized spacial score (nSPS) is 23.8. The second kappa shape index (κ2) is 5.89. The van der Waals surface area contributed by atoms with Gasteiger partial charge in [-0.05, 0) is 26.0 Å². The fourth-order valence-electron chi connectivity index (χ4n) is 2.25. The van der Waals surface area contributed by atoms with Gasteiger partial charge in [0.15, 0.2) is 0 Å². The molecule has 0 spiro atoms. The molecule has 17 heavy (non-hydrogen) atoms. The van der Waals surface area contributed by atoms with Gasteiger partial charge in [-0.2, -0.15) is 16.9 Å². The molecule has 5 heteroatoms. The molecular formula is C12H21N3OS. The Bertz CT molecular complexity index is 355. The van der Waals surface area contributed by atoms with E-state index in [1.165, 1.54) is 11.4 Å². The lowest BCUT2D eigenvalue weighted by Gasteiger charge is -2.35. The molecule has 2 unspecified atom stereocenters. The molecule has 1 aromatic heterocycles.